The smallest absolute Gasteiger partial charge is 0.122 e. The molecule has 96 valence electrons. The van der Waals surface area contributed by atoms with Gasteiger partial charge < -0.3 is 10.3 Å². The van der Waals surface area contributed by atoms with Crippen molar-refractivity contribution in [1.29, 1.82) is 5.26 Å². The van der Waals surface area contributed by atoms with Crippen LogP contribution < -0.4 is 5.73 Å². The fourth-order valence-electron chi connectivity index (χ4n) is 2.96. The molecule has 0 radical (unpaired) electrons. The van der Waals surface area contributed by atoms with Crippen molar-refractivity contribution in [2.45, 2.75) is 32.2 Å². The Morgan fingerprint density at radius 2 is 1.89 bits per heavy atom. The van der Waals surface area contributed by atoms with Crippen LogP contribution in [0.4, 0.5) is 5.82 Å². The van der Waals surface area contributed by atoms with Gasteiger partial charge in [-0.25, -0.2) is 0 Å². The number of hydrogen-bond acceptors (Lipinski definition) is 2. The van der Waals surface area contributed by atoms with Crippen LogP contribution in [0.1, 0.15) is 35.2 Å². The summed E-state index contributed by atoms with van der Waals surface area (Å²) in [6.07, 6.45) is 4.38. The van der Waals surface area contributed by atoms with Crippen molar-refractivity contribution < 1.29 is 0 Å². The van der Waals surface area contributed by atoms with E-state index < -0.39 is 0 Å². The van der Waals surface area contributed by atoms with Gasteiger partial charge in [0.25, 0.3) is 0 Å². The lowest BCUT2D eigenvalue weighted by atomic mass is 9.95. The van der Waals surface area contributed by atoms with Crippen molar-refractivity contribution in [3.63, 3.8) is 0 Å². The SMILES string of the molecule is N#Cc1c2c(n(Cc3ccccc3)c1N)CCCC2. The number of fused-ring (bicyclic) bond motifs is 1. The maximum Gasteiger partial charge on any atom is 0.122 e. The second kappa shape index (κ2) is 4.81. The fourth-order valence-corrected chi connectivity index (χ4v) is 2.96. The maximum atomic E-state index is 9.31. The van der Waals surface area contributed by atoms with Crippen molar-refractivity contribution >= 4 is 5.82 Å². The molecule has 1 heterocycles. The predicted octanol–water partition coefficient (Wildman–Crippen LogP) is 2.87. The highest BCUT2D eigenvalue weighted by atomic mass is 15.1. The molecule has 0 unspecified atom stereocenters. The van der Waals surface area contributed by atoms with Gasteiger partial charge in [0.15, 0.2) is 0 Å². The molecule has 1 aromatic heterocycles. The lowest BCUT2D eigenvalue weighted by molar-refractivity contribution is 0.633. The van der Waals surface area contributed by atoms with Crippen molar-refractivity contribution in [3.05, 3.63) is 52.7 Å². The van der Waals surface area contributed by atoms with Gasteiger partial charge in [0.2, 0.25) is 0 Å². The molecule has 0 spiro atoms. The predicted molar refractivity (Wildman–Crippen MR) is 75.7 cm³/mol. The molecular weight excluding hydrogens is 234 g/mol. The number of anilines is 1. The number of nitriles is 1. The van der Waals surface area contributed by atoms with Crippen LogP contribution in [0.3, 0.4) is 0 Å². The number of hydrogen-bond donors (Lipinski definition) is 1. The Hall–Kier alpha value is -2.21. The first kappa shape index (κ1) is 11.9. The summed E-state index contributed by atoms with van der Waals surface area (Å²) in [4.78, 5) is 0. The van der Waals surface area contributed by atoms with Crippen LogP contribution in [0.25, 0.3) is 0 Å². The molecular formula is C16H17N3. The number of aromatic nitrogens is 1. The zero-order valence-corrected chi connectivity index (χ0v) is 10.9. The zero-order chi connectivity index (χ0) is 13.2. The molecule has 1 aromatic carbocycles. The molecule has 0 amide bonds. The van der Waals surface area contributed by atoms with Crippen LogP contribution in [0.5, 0.6) is 0 Å². The summed E-state index contributed by atoms with van der Waals surface area (Å²) < 4.78 is 2.13. The largest absolute Gasteiger partial charge is 0.384 e. The summed E-state index contributed by atoms with van der Waals surface area (Å²) >= 11 is 0. The van der Waals surface area contributed by atoms with Gasteiger partial charge in [-0.2, -0.15) is 5.26 Å². The topological polar surface area (TPSA) is 54.7 Å². The fraction of sp³-hybridized carbons (Fsp3) is 0.312. The Balaban J connectivity index is 2.06. The van der Waals surface area contributed by atoms with Crippen LogP contribution in [0.15, 0.2) is 30.3 Å². The third-order valence-electron chi connectivity index (χ3n) is 3.91. The normalized spacial score (nSPS) is 13.8. The van der Waals surface area contributed by atoms with Crippen LogP contribution in [-0.2, 0) is 19.4 Å². The van der Waals surface area contributed by atoms with Crippen LogP contribution in [0.2, 0.25) is 0 Å². The minimum Gasteiger partial charge on any atom is -0.384 e. The Morgan fingerprint density at radius 1 is 1.16 bits per heavy atom. The van der Waals surface area contributed by atoms with E-state index >= 15 is 0 Å². The van der Waals surface area contributed by atoms with Gasteiger partial charge in [0, 0.05) is 12.2 Å². The third kappa shape index (κ3) is 2.00. The molecule has 2 aromatic rings. The zero-order valence-electron chi connectivity index (χ0n) is 10.9. The monoisotopic (exact) mass is 251 g/mol. The van der Waals surface area contributed by atoms with Gasteiger partial charge in [-0.1, -0.05) is 30.3 Å². The third-order valence-corrected chi connectivity index (χ3v) is 3.91. The highest BCUT2D eigenvalue weighted by Crippen LogP contribution is 2.31. The van der Waals surface area contributed by atoms with Gasteiger partial charge in [0.05, 0.1) is 5.56 Å². The van der Waals surface area contributed by atoms with Crippen molar-refractivity contribution in [1.82, 2.24) is 4.57 Å². The minimum atomic E-state index is 0.637. The Morgan fingerprint density at radius 3 is 2.63 bits per heavy atom. The van der Waals surface area contributed by atoms with Crippen molar-refractivity contribution in [2.24, 2.45) is 0 Å². The standard InChI is InChI=1S/C16H17N3/c17-10-14-13-8-4-5-9-15(13)19(16(14)18)11-12-6-2-1-3-7-12/h1-3,6-7H,4-5,8-9,11,18H2. The molecule has 0 saturated heterocycles. The van der Waals surface area contributed by atoms with Gasteiger partial charge in [-0.3, -0.25) is 0 Å². The Labute approximate surface area is 113 Å². The van der Waals surface area contributed by atoms with Crippen LogP contribution in [0, 0.1) is 11.3 Å². The first-order valence-corrected chi connectivity index (χ1v) is 6.75. The minimum absolute atomic E-state index is 0.637. The van der Waals surface area contributed by atoms with Crippen LogP contribution >= 0.6 is 0 Å². The summed E-state index contributed by atoms with van der Waals surface area (Å²) in [5.74, 6) is 0.637. The number of nitrogens with zero attached hydrogens (tertiary/aromatic N) is 2. The lowest BCUT2D eigenvalue weighted by Crippen LogP contribution is -2.11. The highest BCUT2D eigenvalue weighted by molar-refractivity contribution is 5.59. The highest BCUT2D eigenvalue weighted by Gasteiger charge is 2.23. The van der Waals surface area contributed by atoms with Gasteiger partial charge in [-0.15, -0.1) is 0 Å². The molecule has 3 rings (SSSR count). The van der Waals surface area contributed by atoms with E-state index in [2.05, 4.69) is 22.8 Å². The van der Waals surface area contributed by atoms with Gasteiger partial charge in [-0.05, 0) is 36.8 Å². The molecule has 0 bridgehead atoms. The van der Waals surface area contributed by atoms with E-state index in [1.807, 2.05) is 18.2 Å². The summed E-state index contributed by atoms with van der Waals surface area (Å²) in [6, 6.07) is 12.6. The van der Waals surface area contributed by atoms with E-state index in [-0.39, 0.29) is 0 Å². The molecule has 19 heavy (non-hydrogen) atoms. The Bertz CT molecular complexity index is 632. The molecule has 0 atom stereocenters. The van der Waals surface area contributed by atoms with Gasteiger partial charge in [0.1, 0.15) is 11.9 Å². The van der Waals surface area contributed by atoms with E-state index in [0.29, 0.717) is 11.4 Å². The quantitative estimate of drug-likeness (QED) is 0.892. The summed E-state index contributed by atoms with van der Waals surface area (Å²) in [6.45, 7) is 0.761. The second-order valence-electron chi connectivity index (χ2n) is 5.08. The molecule has 0 fully saturated rings. The van der Waals surface area contributed by atoms with E-state index in [1.54, 1.807) is 0 Å². The molecule has 2 N–H and O–H groups in total. The summed E-state index contributed by atoms with van der Waals surface area (Å²) in [5, 5.41) is 9.31. The summed E-state index contributed by atoms with van der Waals surface area (Å²) in [7, 11) is 0. The first-order valence-electron chi connectivity index (χ1n) is 6.75. The molecule has 3 nitrogen and oxygen atoms in total. The Kier molecular flexibility index (Phi) is 3.00. The summed E-state index contributed by atoms with van der Waals surface area (Å²) in [5.41, 5.74) is 10.6. The molecule has 1 aliphatic carbocycles. The number of nitrogen functional groups attached to an aromatic ring is 1. The van der Waals surface area contributed by atoms with E-state index in [9.17, 15) is 5.26 Å². The van der Waals surface area contributed by atoms with Gasteiger partial charge >= 0.3 is 0 Å². The second-order valence-corrected chi connectivity index (χ2v) is 5.08. The molecule has 1 aliphatic rings. The van der Waals surface area contributed by atoms with E-state index in [0.717, 1.165) is 25.8 Å². The average Bonchev–Trinajstić information content (AvgIpc) is 2.73. The lowest BCUT2D eigenvalue weighted by Gasteiger charge is -2.16. The number of nitrogens with two attached hydrogens (primary N) is 1. The van der Waals surface area contributed by atoms with Crippen molar-refractivity contribution in [2.75, 3.05) is 5.73 Å². The van der Waals surface area contributed by atoms with E-state index in [4.69, 9.17) is 5.73 Å². The molecule has 3 heteroatoms. The number of rotatable bonds is 2. The van der Waals surface area contributed by atoms with Crippen LogP contribution in [-0.4, -0.2) is 4.57 Å². The number of benzene rings is 1. The molecule has 0 saturated carbocycles. The average molecular weight is 251 g/mol. The van der Waals surface area contributed by atoms with Crippen molar-refractivity contribution in [3.8, 4) is 6.07 Å². The molecule has 0 aliphatic heterocycles. The van der Waals surface area contributed by atoms with E-state index in [1.165, 1.54) is 23.2 Å². The first-order chi connectivity index (χ1) is 9.31. The maximum absolute atomic E-state index is 9.31.